The quantitative estimate of drug-likeness (QED) is 0.248. The van der Waals surface area contributed by atoms with E-state index < -0.39 is 0 Å². The Morgan fingerprint density at radius 3 is 2.56 bits per heavy atom. The number of hydrogen-bond acceptors (Lipinski definition) is 2. The number of alkyl halides is 1. The van der Waals surface area contributed by atoms with Gasteiger partial charge in [0.05, 0.1) is 6.61 Å². The summed E-state index contributed by atoms with van der Waals surface area (Å²) in [7, 11) is 0. The summed E-state index contributed by atoms with van der Waals surface area (Å²) >= 11 is 2.24. The van der Waals surface area contributed by atoms with E-state index in [2.05, 4.69) is 27.3 Å². The number of hydrogen-bond donors (Lipinski definition) is 0. The fourth-order valence-corrected chi connectivity index (χ4v) is 0.582. The second-order valence-corrected chi connectivity index (χ2v) is 2.46. The molecule has 9 heavy (non-hydrogen) atoms. The van der Waals surface area contributed by atoms with Crippen LogP contribution in [0.3, 0.4) is 0 Å². The standard InChI is InChI=1S/C5H9IO2.K.H/c1-5(7)8-4-2-3-6;;/h2-4H2,1H3;;. The predicted octanol–water partition coefficient (Wildman–Crippen LogP) is 0.726. The van der Waals surface area contributed by atoms with Crippen LogP contribution in [0.4, 0.5) is 0 Å². The van der Waals surface area contributed by atoms with Gasteiger partial charge in [-0.3, -0.25) is 4.79 Å². The van der Waals surface area contributed by atoms with Gasteiger partial charge in [0.15, 0.2) is 0 Å². The van der Waals surface area contributed by atoms with Gasteiger partial charge in [-0.15, -0.1) is 0 Å². The monoisotopic (exact) mass is 268 g/mol. The van der Waals surface area contributed by atoms with Crippen molar-refractivity contribution < 1.29 is 9.53 Å². The molecule has 0 saturated heterocycles. The molecule has 0 aromatic rings. The fraction of sp³-hybridized carbons (Fsp3) is 0.800. The third kappa shape index (κ3) is 12.9. The fourth-order valence-electron chi connectivity index (χ4n) is 0.270. The summed E-state index contributed by atoms with van der Waals surface area (Å²) in [5, 5.41) is 0. The first kappa shape index (κ1) is 13.4. The molecule has 0 aliphatic rings. The third-order valence-corrected chi connectivity index (χ3v) is 1.35. The second-order valence-electron chi connectivity index (χ2n) is 1.38. The molecule has 0 saturated carbocycles. The van der Waals surface area contributed by atoms with E-state index in [4.69, 9.17) is 0 Å². The van der Waals surface area contributed by atoms with Gasteiger partial charge in [0, 0.05) is 11.4 Å². The molecule has 0 aliphatic carbocycles. The van der Waals surface area contributed by atoms with Crippen LogP contribution in [-0.4, -0.2) is 68.4 Å². The minimum absolute atomic E-state index is 0. The number of carbonyl (C=O) groups is 1. The Bertz CT molecular complexity index is 77.4. The van der Waals surface area contributed by atoms with Gasteiger partial charge in [-0.05, 0) is 6.42 Å². The molecule has 0 fully saturated rings. The van der Waals surface area contributed by atoms with Crippen LogP contribution >= 0.6 is 22.6 Å². The zero-order chi connectivity index (χ0) is 6.41. The molecule has 0 radical (unpaired) electrons. The van der Waals surface area contributed by atoms with Crippen LogP contribution in [0.25, 0.3) is 0 Å². The Hall–Kier alpha value is 1.84. The van der Waals surface area contributed by atoms with E-state index >= 15 is 0 Å². The van der Waals surface area contributed by atoms with Gasteiger partial charge in [-0.2, -0.15) is 0 Å². The summed E-state index contributed by atoms with van der Waals surface area (Å²) in [6, 6.07) is 0. The molecule has 0 heterocycles. The number of ether oxygens (including phenoxy) is 1. The average molecular weight is 268 g/mol. The van der Waals surface area contributed by atoms with Crippen molar-refractivity contribution in [1.29, 1.82) is 0 Å². The van der Waals surface area contributed by atoms with Crippen molar-refractivity contribution in [2.24, 2.45) is 0 Å². The van der Waals surface area contributed by atoms with E-state index in [1.807, 2.05) is 0 Å². The SMILES string of the molecule is CC(=O)OCCCI.[KH]. The zero-order valence-electron chi connectivity index (χ0n) is 4.82. The van der Waals surface area contributed by atoms with Gasteiger partial charge in [-0.1, -0.05) is 22.6 Å². The molecule has 0 aromatic heterocycles. The van der Waals surface area contributed by atoms with Crippen LogP contribution in [0.5, 0.6) is 0 Å². The predicted molar refractivity (Wildman–Crippen MR) is 47.3 cm³/mol. The van der Waals surface area contributed by atoms with Crippen LogP contribution in [0.1, 0.15) is 13.3 Å². The van der Waals surface area contributed by atoms with Crippen molar-refractivity contribution in [1.82, 2.24) is 0 Å². The molecule has 0 aliphatic heterocycles. The molecule has 0 rings (SSSR count). The Morgan fingerprint density at radius 2 is 2.22 bits per heavy atom. The van der Waals surface area contributed by atoms with Gasteiger partial charge < -0.3 is 4.74 Å². The third-order valence-electron chi connectivity index (χ3n) is 0.583. The Morgan fingerprint density at radius 1 is 1.67 bits per heavy atom. The maximum absolute atomic E-state index is 10.1. The molecule has 0 atom stereocenters. The first-order chi connectivity index (χ1) is 3.77. The van der Waals surface area contributed by atoms with Gasteiger partial charge in [-0.25, -0.2) is 0 Å². The molecule has 4 heteroatoms. The number of esters is 1. The van der Waals surface area contributed by atoms with Crippen LogP contribution in [0, 0.1) is 0 Å². The van der Waals surface area contributed by atoms with E-state index in [0.29, 0.717) is 6.61 Å². The van der Waals surface area contributed by atoms with E-state index in [1.165, 1.54) is 6.92 Å². The summed E-state index contributed by atoms with van der Waals surface area (Å²) in [6.45, 7) is 1.99. The number of rotatable bonds is 3. The Balaban J connectivity index is 0. The molecule has 0 amide bonds. The summed E-state index contributed by atoms with van der Waals surface area (Å²) in [4.78, 5) is 10.1. The van der Waals surface area contributed by atoms with Crippen LogP contribution in [0.15, 0.2) is 0 Å². The minimum atomic E-state index is -0.185. The first-order valence-electron chi connectivity index (χ1n) is 2.46. The topological polar surface area (TPSA) is 26.3 Å². The summed E-state index contributed by atoms with van der Waals surface area (Å²) in [6.07, 6.45) is 0.958. The zero-order valence-corrected chi connectivity index (χ0v) is 6.97. The Labute approximate surface area is 112 Å². The number of carbonyl (C=O) groups excluding carboxylic acids is 1. The Kier molecular flexibility index (Phi) is 14.7. The van der Waals surface area contributed by atoms with Crippen molar-refractivity contribution in [3.63, 3.8) is 0 Å². The van der Waals surface area contributed by atoms with Crippen molar-refractivity contribution in [2.45, 2.75) is 13.3 Å². The molecule has 50 valence electrons. The van der Waals surface area contributed by atoms with Crippen LogP contribution < -0.4 is 0 Å². The van der Waals surface area contributed by atoms with E-state index in [1.54, 1.807) is 0 Å². The van der Waals surface area contributed by atoms with Crippen LogP contribution in [0.2, 0.25) is 0 Å². The van der Waals surface area contributed by atoms with Gasteiger partial charge in [0.2, 0.25) is 0 Å². The van der Waals surface area contributed by atoms with Crippen molar-refractivity contribution >= 4 is 79.9 Å². The molecular weight excluding hydrogens is 258 g/mol. The van der Waals surface area contributed by atoms with E-state index in [0.717, 1.165) is 10.8 Å². The summed E-state index contributed by atoms with van der Waals surface area (Å²) < 4.78 is 5.69. The second kappa shape index (κ2) is 9.84. The summed E-state index contributed by atoms with van der Waals surface area (Å²) in [5.74, 6) is -0.185. The molecule has 0 aromatic carbocycles. The molecule has 2 nitrogen and oxygen atoms in total. The van der Waals surface area contributed by atoms with Gasteiger partial charge in [0.25, 0.3) is 0 Å². The van der Waals surface area contributed by atoms with Crippen molar-refractivity contribution in [3.05, 3.63) is 0 Å². The molecule has 0 N–H and O–H groups in total. The molecule has 0 spiro atoms. The molecular formula is C5H10IKO2. The van der Waals surface area contributed by atoms with Gasteiger partial charge in [0.1, 0.15) is 0 Å². The van der Waals surface area contributed by atoms with E-state index in [9.17, 15) is 4.79 Å². The number of halogens is 1. The van der Waals surface area contributed by atoms with Crippen LogP contribution in [-0.2, 0) is 9.53 Å². The molecule has 0 bridgehead atoms. The summed E-state index contributed by atoms with van der Waals surface area (Å²) in [5.41, 5.74) is 0. The molecule has 0 unspecified atom stereocenters. The normalized spacial score (nSPS) is 7.78. The average Bonchev–Trinajstić information content (AvgIpc) is 1.66. The van der Waals surface area contributed by atoms with E-state index in [-0.39, 0.29) is 57.4 Å². The maximum atomic E-state index is 10.1. The first-order valence-corrected chi connectivity index (χ1v) is 3.99. The van der Waals surface area contributed by atoms with Crippen molar-refractivity contribution in [3.8, 4) is 0 Å². The van der Waals surface area contributed by atoms with Gasteiger partial charge >= 0.3 is 57.4 Å². The van der Waals surface area contributed by atoms with Crippen molar-refractivity contribution in [2.75, 3.05) is 11.0 Å².